The van der Waals surface area contributed by atoms with E-state index in [1.807, 2.05) is 0 Å². The zero-order chi connectivity index (χ0) is 12.1. The lowest BCUT2D eigenvalue weighted by atomic mass is 10.3. The summed E-state index contributed by atoms with van der Waals surface area (Å²) >= 11 is 5.00. The number of hydrogen-bond donors (Lipinski definition) is 1. The van der Waals surface area contributed by atoms with Crippen molar-refractivity contribution < 1.29 is 27.5 Å². The van der Waals surface area contributed by atoms with Crippen LogP contribution in [0.2, 0.25) is 0 Å². The number of esters is 1. The lowest BCUT2D eigenvalue weighted by Gasteiger charge is -2.19. The molecule has 0 bridgehead atoms. The Bertz CT molecular complexity index is 244. The third kappa shape index (κ3) is 4.87. The molecule has 0 saturated carbocycles. The van der Waals surface area contributed by atoms with Crippen molar-refractivity contribution in [3.05, 3.63) is 0 Å². The van der Waals surface area contributed by atoms with Crippen LogP contribution in [0, 0.1) is 0 Å². The first-order valence-corrected chi connectivity index (χ1v) is 4.45. The Kier molecular flexibility index (Phi) is 5.41. The number of ether oxygens (including phenoxy) is 1. The minimum atomic E-state index is -4.89. The van der Waals surface area contributed by atoms with Gasteiger partial charge in [0.25, 0.3) is 0 Å². The molecule has 0 heterocycles. The standard InChI is InChI=1S/C7H9ClF3NO3/c1-2-15-6(14)5(7(9,10)11)12-4(13)3-8/h5H,2-3H2,1H3,(H,12,13). The quantitative estimate of drug-likeness (QED) is 0.592. The van der Waals surface area contributed by atoms with Crippen molar-refractivity contribution >= 4 is 23.5 Å². The zero-order valence-electron chi connectivity index (χ0n) is 7.73. The second-order valence-electron chi connectivity index (χ2n) is 2.43. The summed E-state index contributed by atoms with van der Waals surface area (Å²) in [6, 6.07) is -2.66. The van der Waals surface area contributed by atoms with E-state index in [1.165, 1.54) is 12.2 Å². The van der Waals surface area contributed by atoms with Gasteiger partial charge in [0.05, 0.1) is 6.61 Å². The van der Waals surface area contributed by atoms with Crippen molar-refractivity contribution in [2.75, 3.05) is 12.5 Å². The summed E-state index contributed by atoms with van der Waals surface area (Å²) in [6.45, 7) is 1.15. The fourth-order valence-electron chi connectivity index (χ4n) is 0.700. The zero-order valence-corrected chi connectivity index (χ0v) is 8.48. The molecule has 1 unspecified atom stereocenters. The number of amides is 1. The van der Waals surface area contributed by atoms with E-state index in [-0.39, 0.29) is 6.61 Å². The van der Waals surface area contributed by atoms with Gasteiger partial charge in [0.1, 0.15) is 5.88 Å². The minimum absolute atomic E-state index is 0.206. The van der Waals surface area contributed by atoms with Crippen molar-refractivity contribution in [3.63, 3.8) is 0 Å². The first-order chi connectivity index (χ1) is 6.82. The van der Waals surface area contributed by atoms with Gasteiger partial charge >= 0.3 is 12.1 Å². The molecular formula is C7H9ClF3NO3. The summed E-state index contributed by atoms with van der Waals surface area (Å²) in [7, 11) is 0. The van der Waals surface area contributed by atoms with Crippen molar-refractivity contribution in [1.82, 2.24) is 5.32 Å². The number of carbonyl (C=O) groups is 2. The van der Waals surface area contributed by atoms with Crippen molar-refractivity contribution in [1.29, 1.82) is 0 Å². The maximum Gasteiger partial charge on any atom is 0.419 e. The van der Waals surface area contributed by atoms with Crippen LogP contribution in [0.15, 0.2) is 0 Å². The minimum Gasteiger partial charge on any atom is -0.464 e. The molecule has 0 aromatic rings. The highest BCUT2D eigenvalue weighted by Gasteiger charge is 2.47. The molecule has 0 aliphatic carbocycles. The second kappa shape index (κ2) is 5.79. The summed E-state index contributed by atoms with van der Waals surface area (Å²) in [4.78, 5) is 21.5. The molecule has 1 atom stereocenters. The molecule has 0 spiro atoms. The highest BCUT2D eigenvalue weighted by molar-refractivity contribution is 6.27. The number of halogens is 4. The molecule has 4 nitrogen and oxygen atoms in total. The molecule has 8 heteroatoms. The Labute approximate surface area is 88.7 Å². The van der Waals surface area contributed by atoms with E-state index in [4.69, 9.17) is 11.6 Å². The van der Waals surface area contributed by atoms with Crippen molar-refractivity contribution in [2.45, 2.75) is 19.1 Å². The van der Waals surface area contributed by atoms with E-state index in [1.54, 1.807) is 0 Å². The van der Waals surface area contributed by atoms with Gasteiger partial charge in [-0.3, -0.25) is 4.79 Å². The maximum absolute atomic E-state index is 12.2. The molecule has 0 aliphatic heterocycles. The SMILES string of the molecule is CCOC(=O)C(NC(=O)CCl)C(F)(F)F. The molecule has 0 fully saturated rings. The van der Waals surface area contributed by atoms with Gasteiger partial charge in [-0.25, -0.2) is 4.79 Å². The molecule has 0 radical (unpaired) electrons. The van der Waals surface area contributed by atoms with Gasteiger partial charge < -0.3 is 10.1 Å². The van der Waals surface area contributed by atoms with E-state index in [0.29, 0.717) is 0 Å². The summed E-state index contributed by atoms with van der Waals surface area (Å²) in [6.07, 6.45) is -4.89. The van der Waals surface area contributed by atoms with Crippen LogP contribution in [0.5, 0.6) is 0 Å². The Morgan fingerprint density at radius 2 is 2.00 bits per heavy atom. The lowest BCUT2D eigenvalue weighted by molar-refractivity contribution is -0.185. The monoisotopic (exact) mass is 247 g/mol. The number of carbonyl (C=O) groups excluding carboxylic acids is 2. The molecule has 1 N–H and O–H groups in total. The summed E-state index contributed by atoms with van der Waals surface area (Å²) in [5.74, 6) is -3.30. The lowest BCUT2D eigenvalue weighted by Crippen LogP contribution is -2.51. The predicted octanol–water partition coefficient (Wildman–Crippen LogP) is 0.835. The number of hydrogen-bond acceptors (Lipinski definition) is 3. The Balaban J connectivity index is 4.59. The summed E-state index contributed by atoms with van der Waals surface area (Å²) in [5.41, 5.74) is 0. The third-order valence-corrected chi connectivity index (χ3v) is 1.52. The van der Waals surface area contributed by atoms with Crippen LogP contribution in [0.1, 0.15) is 6.92 Å². The fraction of sp³-hybridized carbons (Fsp3) is 0.714. The highest BCUT2D eigenvalue weighted by atomic mass is 35.5. The van der Waals surface area contributed by atoms with E-state index in [0.717, 1.165) is 0 Å². The van der Waals surface area contributed by atoms with Crippen molar-refractivity contribution in [3.8, 4) is 0 Å². The highest BCUT2D eigenvalue weighted by Crippen LogP contribution is 2.21. The molecule has 88 valence electrons. The van der Waals surface area contributed by atoms with Crippen LogP contribution in [-0.4, -0.2) is 36.6 Å². The molecular weight excluding hydrogens is 239 g/mol. The topological polar surface area (TPSA) is 55.4 Å². The molecule has 0 aromatic carbocycles. The predicted molar refractivity (Wildman–Crippen MR) is 45.3 cm³/mol. The van der Waals surface area contributed by atoms with Crippen LogP contribution in [-0.2, 0) is 14.3 Å². The van der Waals surface area contributed by atoms with Crippen LogP contribution in [0.4, 0.5) is 13.2 Å². The van der Waals surface area contributed by atoms with Gasteiger partial charge in [0.2, 0.25) is 11.9 Å². The molecule has 15 heavy (non-hydrogen) atoms. The van der Waals surface area contributed by atoms with E-state index in [2.05, 4.69) is 4.74 Å². The normalized spacial score (nSPS) is 13.1. The van der Waals surface area contributed by atoms with Gasteiger partial charge in [-0.1, -0.05) is 0 Å². The van der Waals surface area contributed by atoms with Gasteiger partial charge in [-0.2, -0.15) is 13.2 Å². The van der Waals surface area contributed by atoms with E-state index in [9.17, 15) is 22.8 Å². The number of alkyl halides is 4. The molecule has 0 rings (SSSR count). The van der Waals surface area contributed by atoms with Gasteiger partial charge in [-0.15, -0.1) is 11.6 Å². The van der Waals surface area contributed by atoms with Crippen LogP contribution >= 0.6 is 11.6 Å². The maximum atomic E-state index is 12.2. The first-order valence-electron chi connectivity index (χ1n) is 3.91. The molecule has 0 aromatic heterocycles. The Morgan fingerprint density at radius 3 is 2.33 bits per heavy atom. The Morgan fingerprint density at radius 1 is 1.47 bits per heavy atom. The van der Waals surface area contributed by atoms with Gasteiger partial charge in [0, 0.05) is 0 Å². The van der Waals surface area contributed by atoms with Crippen molar-refractivity contribution in [2.24, 2.45) is 0 Å². The second-order valence-corrected chi connectivity index (χ2v) is 2.70. The Hall–Kier alpha value is -0.980. The molecule has 0 aliphatic rings. The largest absolute Gasteiger partial charge is 0.464 e. The molecule has 0 saturated heterocycles. The summed E-state index contributed by atoms with van der Waals surface area (Å²) in [5, 5.41) is 1.42. The fourth-order valence-corrected chi connectivity index (χ4v) is 0.777. The number of rotatable bonds is 4. The summed E-state index contributed by atoms with van der Waals surface area (Å²) < 4.78 is 40.9. The third-order valence-electron chi connectivity index (χ3n) is 1.28. The van der Waals surface area contributed by atoms with E-state index >= 15 is 0 Å². The average molecular weight is 248 g/mol. The van der Waals surface area contributed by atoms with Crippen LogP contribution < -0.4 is 5.32 Å². The first kappa shape index (κ1) is 14.0. The van der Waals surface area contributed by atoms with Crippen LogP contribution in [0.25, 0.3) is 0 Å². The van der Waals surface area contributed by atoms with Gasteiger partial charge in [0.15, 0.2) is 0 Å². The van der Waals surface area contributed by atoms with E-state index < -0.39 is 30.0 Å². The van der Waals surface area contributed by atoms with Gasteiger partial charge in [-0.05, 0) is 6.92 Å². The smallest absolute Gasteiger partial charge is 0.419 e. The average Bonchev–Trinajstić information content (AvgIpc) is 2.12. The van der Waals surface area contributed by atoms with Crippen LogP contribution in [0.3, 0.4) is 0 Å². The number of nitrogens with one attached hydrogen (secondary N) is 1. The molecule has 1 amide bonds.